The number of rotatable bonds is 4. The number of pyridine rings is 1. The number of para-hydroxylation sites is 1. The van der Waals surface area contributed by atoms with Gasteiger partial charge in [-0.3, -0.25) is 4.79 Å². The van der Waals surface area contributed by atoms with E-state index >= 15 is 0 Å². The summed E-state index contributed by atoms with van der Waals surface area (Å²) in [5.41, 5.74) is 1.36. The molecule has 2 bridgehead atoms. The fourth-order valence-corrected chi connectivity index (χ4v) is 4.41. The van der Waals surface area contributed by atoms with Crippen LogP contribution in [-0.2, 0) is 0 Å². The molecule has 0 saturated carbocycles. The predicted octanol–water partition coefficient (Wildman–Crippen LogP) is 2.52. The Morgan fingerprint density at radius 2 is 1.81 bits per heavy atom. The maximum Gasteiger partial charge on any atom is 0.256 e. The molecule has 2 aliphatic heterocycles. The molecule has 27 heavy (non-hydrogen) atoms. The van der Waals surface area contributed by atoms with E-state index in [1.54, 1.807) is 18.6 Å². The summed E-state index contributed by atoms with van der Waals surface area (Å²) in [6.07, 6.45) is 8.05. The average molecular weight is 360 g/mol. The van der Waals surface area contributed by atoms with E-state index in [1.165, 1.54) is 4.80 Å². The number of nitrogens with one attached hydrogen (secondary N) is 1. The van der Waals surface area contributed by atoms with Crippen LogP contribution in [0.1, 0.15) is 29.6 Å². The highest BCUT2D eigenvalue weighted by molar-refractivity contribution is 5.98. The number of anilines is 1. The monoisotopic (exact) mass is 360 g/mol. The highest BCUT2D eigenvalue weighted by Gasteiger charge is 2.49. The van der Waals surface area contributed by atoms with E-state index in [0.29, 0.717) is 11.3 Å². The van der Waals surface area contributed by atoms with Crippen molar-refractivity contribution in [3.05, 3.63) is 66.6 Å². The van der Waals surface area contributed by atoms with Crippen molar-refractivity contribution in [3.63, 3.8) is 0 Å². The van der Waals surface area contributed by atoms with E-state index < -0.39 is 0 Å². The lowest BCUT2D eigenvalue weighted by Crippen LogP contribution is -2.40. The molecule has 3 atom stereocenters. The minimum absolute atomic E-state index is 0.0562. The summed E-state index contributed by atoms with van der Waals surface area (Å²) in [6, 6.07) is 14.1. The number of carbonyl (C=O) groups is 1. The largest absolute Gasteiger partial charge is 0.365 e. The number of hydrogen-bond acceptors (Lipinski definition) is 5. The highest BCUT2D eigenvalue weighted by atomic mass is 16.2. The number of nitrogens with zero attached hydrogens (tertiary/aromatic N) is 5. The molecule has 3 aromatic rings. The first-order chi connectivity index (χ1) is 13.3. The molecular formula is C20H20N6O. The summed E-state index contributed by atoms with van der Waals surface area (Å²) in [5.74, 6) is 0.921. The molecule has 1 aromatic carbocycles. The Balaban J connectivity index is 1.42. The molecule has 0 radical (unpaired) electrons. The van der Waals surface area contributed by atoms with Gasteiger partial charge in [-0.25, -0.2) is 4.98 Å². The van der Waals surface area contributed by atoms with Crippen molar-refractivity contribution in [1.82, 2.24) is 24.9 Å². The second-order valence-electron chi connectivity index (χ2n) is 7.05. The summed E-state index contributed by atoms with van der Waals surface area (Å²) in [6.45, 7) is 0. The lowest BCUT2D eigenvalue weighted by molar-refractivity contribution is 0.0727. The van der Waals surface area contributed by atoms with Gasteiger partial charge >= 0.3 is 0 Å². The van der Waals surface area contributed by atoms with Crippen molar-refractivity contribution in [2.45, 2.75) is 37.4 Å². The highest BCUT2D eigenvalue weighted by Crippen LogP contribution is 2.40. The number of benzene rings is 1. The first kappa shape index (κ1) is 16.0. The molecule has 0 spiro atoms. The van der Waals surface area contributed by atoms with Crippen molar-refractivity contribution in [1.29, 1.82) is 0 Å². The Hall–Kier alpha value is -3.22. The molecule has 2 fully saturated rings. The number of amides is 1. The Labute approximate surface area is 157 Å². The first-order valence-electron chi connectivity index (χ1n) is 9.27. The van der Waals surface area contributed by atoms with Crippen LogP contribution >= 0.6 is 0 Å². The van der Waals surface area contributed by atoms with Crippen LogP contribution in [0.15, 0.2) is 61.1 Å². The lowest BCUT2D eigenvalue weighted by atomic mass is 9.95. The summed E-state index contributed by atoms with van der Waals surface area (Å²) >= 11 is 0. The van der Waals surface area contributed by atoms with Crippen LogP contribution in [0.3, 0.4) is 0 Å². The van der Waals surface area contributed by atoms with Crippen LogP contribution in [0.5, 0.6) is 0 Å². The quantitative estimate of drug-likeness (QED) is 0.774. The van der Waals surface area contributed by atoms with Crippen molar-refractivity contribution < 1.29 is 4.79 Å². The van der Waals surface area contributed by atoms with Gasteiger partial charge in [-0.05, 0) is 43.5 Å². The molecule has 1 amide bonds. The molecule has 2 aromatic heterocycles. The normalized spacial score (nSPS) is 23.6. The fraction of sp³-hybridized carbons (Fsp3) is 0.300. The predicted molar refractivity (Wildman–Crippen MR) is 101 cm³/mol. The van der Waals surface area contributed by atoms with E-state index in [-0.39, 0.29) is 24.0 Å². The van der Waals surface area contributed by atoms with Crippen LogP contribution in [-0.4, -0.2) is 48.9 Å². The van der Waals surface area contributed by atoms with Crippen LogP contribution < -0.4 is 5.32 Å². The van der Waals surface area contributed by atoms with Gasteiger partial charge in [-0.15, -0.1) is 0 Å². The Kier molecular flexibility index (Phi) is 3.85. The van der Waals surface area contributed by atoms with Crippen LogP contribution in [0, 0.1) is 0 Å². The van der Waals surface area contributed by atoms with Gasteiger partial charge in [-0.2, -0.15) is 15.0 Å². The van der Waals surface area contributed by atoms with E-state index in [1.807, 2.05) is 42.5 Å². The smallest absolute Gasteiger partial charge is 0.256 e. The summed E-state index contributed by atoms with van der Waals surface area (Å²) in [7, 11) is 0. The molecule has 7 heteroatoms. The second kappa shape index (κ2) is 6.50. The Bertz CT molecular complexity index is 942. The van der Waals surface area contributed by atoms with Crippen LogP contribution in [0.2, 0.25) is 0 Å². The number of carbonyl (C=O) groups excluding carboxylic acids is 1. The van der Waals surface area contributed by atoms with Gasteiger partial charge in [-0.1, -0.05) is 18.2 Å². The van der Waals surface area contributed by atoms with Gasteiger partial charge in [0, 0.05) is 18.3 Å². The molecule has 5 rings (SSSR count). The number of fused-ring (bicyclic) bond motifs is 2. The van der Waals surface area contributed by atoms with Gasteiger partial charge < -0.3 is 10.2 Å². The van der Waals surface area contributed by atoms with Crippen molar-refractivity contribution in [2.24, 2.45) is 0 Å². The molecule has 2 saturated heterocycles. The van der Waals surface area contributed by atoms with Gasteiger partial charge in [0.25, 0.3) is 5.91 Å². The zero-order chi connectivity index (χ0) is 18.2. The maximum absolute atomic E-state index is 13.4. The third kappa shape index (κ3) is 2.75. The SMILES string of the molecule is O=C(c1ccccc1-n1nccn1)N1C2CCC1C(Nc1ccccn1)C2. The molecule has 3 unspecified atom stereocenters. The second-order valence-corrected chi connectivity index (χ2v) is 7.05. The van der Waals surface area contributed by atoms with Crippen LogP contribution in [0.25, 0.3) is 5.69 Å². The third-order valence-corrected chi connectivity index (χ3v) is 5.54. The molecule has 7 nitrogen and oxygen atoms in total. The Morgan fingerprint density at radius 1 is 1.00 bits per heavy atom. The van der Waals surface area contributed by atoms with Gasteiger partial charge in [0.15, 0.2) is 0 Å². The first-order valence-corrected chi connectivity index (χ1v) is 9.27. The zero-order valence-corrected chi connectivity index (χ0v) is 14.8. The molecule has 2 aliphatic rings. The van der Waals surface area contributed by atoms with Crippen LogP contribution in [0.4, 0.5) is 5.82 Å². The summed E-state index contributed by atoms with van der Waals surface area (Å²) < 4.78 is 0. The minimum atomic E-state index is 0.0562. The lowest BCUT2D eigenvalue weighted by Gasteiger charge is -2.26. The van der Waals surface area contributed by atoms with Gasteiger partial charge in [0.2, 0.25) is 0 Å². The van der Waals surface area contributed by atoms with E-state index in [2.05, 4.69) is 25.4 Å². The summed E-state index contributed by atoms with van der Waals surface area (Å²) in [4.78, 5) is 21.4. The van der Waals surface area contributed by atoms with E-state index in [4.69, 9.17) is 0 Å². The standard InChI is InChI=1S/C20H20N6O/c27-20(15-5-1-2-6-17(15)26-22-11-12-23-26)25-14-8-9-18(25)16(13-14)24-19-7-3-4-10-21-19/h1-7,10-12,14,16,18H,8-9,13H2,(H,21,24). The third-order valence-electron chi connectivity index (χ3n) is 5.54. The molecule has 136 valence electrons. The van der Waals surface area contributed by atoms with Crippen molar-refractivity contribution in [2.75, 3.05) is 5.32 Å². The van der Waals surface area contributed by atoms with Gasteiger partial charge in [0.05, 0.1) is 29.7 Å². The van der Waals surface area contributed by atoms with Gasteiger partial charge in [0.1, 0.15) is 5.82 Å². The zero-order valence-electron chi connectivity index (χ0n) is 14.8. The average Bonchev–Trinajstić information content (AvgIpc) is 3.45. The number of hydrogen-bond donors (Lipinski definition) is 1. The summed E-state index contributed by atoms with van der Waals surface area (Å²) in [5, 5.41) is 11.9. The topological polar surface area (TPSA) is 75.9 Å². The fourth-order valence-electron chi connectivity index (χ4n) is 4.41. The minimum Gasteiger partial charge on any atom is -0.365 e. The molecular weight excluding hydrogens is 340 g/mol. The molecule has 1 N–H and O–H groups in total. The van der Waals surface area contributed by atoms with Crippen molar-refractivity contribution in [3.8, 4) is 5.69 Å². The molecule has 0 aliphatic carbocycles. The molecule has 4 heterocycles. The van der Waals surface area contributed by atoms with E-state index in [0.717, 1.165) is 25.1 Å². The van der Waals surface area contributed by atoms with Crippen molar-refractivity contribution >= 4 is 11.7 Å². The number of aromatic nitrogens is 4. The maximum atomic E-state index is 13.4. The Morgan fingerprint density at radius 3 is 2.63 bits per heavy atom. The van der Waals surface area contributed by atoms with E-state index in [9.17, 15) is 4.79 Å².